The van der Waals surface area contributed by atoms with E-state index in [9.17, 15) is 4.79 Å². The van der Waals surface area contributed by atoms with Crippen LogP contribution < -0.4 is 5.32 Å². The second kappa shape index (κ2) is 9.04. The largest absolute Gasteiger partial charge is 0.465 e. The Kier molecular flexibility index (Phi) is 8.91. The van der Waals surface area contributed by atoms with E-state index in [4.69, 9.17) is 4.74 Å². The predicted molar refractivity (Wildman–Crippen MR) is 66.3 cm³/mol. The molecule has 0 aromatic heterocycles. The van der Waals surface area contributed by atoms with Gasteiger partial charge in [0.05, 0.1) is 6.61 Å². The molecule has 0 aliphatic carbocycles. The van der Waals surface area contributed by atoms with Gasteiger partial charge in [0, 0.05) is 6.04 Å². The first-order valence-corrected chi connectivity index (χ1v) is 6.96. The standard InChI is InChI=1S/C11H23NO2S/c1-5-9(3)12-10(7-8-15-4)11(13)14-6-2/h9-10,12H,5-8H2,1-4H3. The van der Waals surface area contributed by atoms with Crippen molar-refractivity contribution in [3.05, 3.63) is 0 Å². The van der Waals surface area contributed by atoms with Crippen LogP contribution in [-0.2, 0) is 9.53 Å². The van der Waals surface area contributed by atoms with Gasteiger partial charge < -0.3 is 10.1 Å². The molecule has 1 N–H and O–H groups in total. The summed E-state index contributed by atoms with van der Waals surface area (Å²) in [5.74, 6) is 0.860. The highest BCUT2D eigenvalue weighted by Crippen LogP contribution is 2.04. The Morgan fingerprint density at radius 2 is 2.13 bits per heavy atom. The molecule has 2 unspecified atom stereocenters. The van der Waals surface area contributed by atoms with Gasteiger partial charge in [0.2, 0.25) is 0 Å². The first-order valence-electron chi connectivity index (χ1n) is 5.57. The molecule has 0 bridgehead atoms. The maximum atomic E-state index is 11.6. The van der Waals surface area contributed by atoms with E-state index < -0.39 is 0 Å². The summed E-state index contributed by atoms with van der Waals surface area (Å²) in [7, 11) is 0. The Hall–Kier alpha value is -0.220. The summed E-state index contributed by atoms with van der Waals surface area (Å²) in [5.41, 5.74) is 0. The van der Waals surface area contributed by atoms with E-state index in [-0.39, 0.29) is 12.0 Å². The Morgan fingerprint density at radius 1 is 1.47 bits per heavy atom. The number of rotatable bonds is 8. The zero-order valence-corrected chi connectivity index (χ0v) is 11.0. The third kappa shape index (κ3) is 6.79. The topological polar surface area (TPSA) is 38.3 Å². The molecule has 0 aromatic rings. The molecule has 0 saturated carbocycles. The van der Waals surface area contributed by atoms with Crippen LogP contribution in [0.25, 0.3) is 0 Å². The summed E-state index contributed by atoms with van der Waals surface area (Å²) in [5, 5.41) is 3.30. The normalized spacial score (nSPS) is 14.7. The van der Waals surface area contributed by atoms with Crippen molar-refractivity contribution in [1.29, 1.82) is 0 Å². The fourth-order valence-electron chi connectivity index (χ4n) is 1.21. The second-order valence-electron chi connectivity index (χ2n) is 3.56. The molecule has 0 aliphatic rings. The van der Waals surface area contributed by atoms with Crippen molar-refractivity contribution < 1.29 is 9.53 Å². The van der Waals surface area contributed by atoms with Gasteiger partial charge in [-0.15, -0.1) is 0 Å². The van der Waals surface area contributed by atoms with E-state index in [0.29, 0.717) is 12.6 Å². The van der Waals surface area contributed by atoms with E-state index in [1.165, 1.54) is 0 Å². The van der Waals surface area contributed by atoms with Gasteiger partial charge in [-0.2, -0.15) is 11.8 Å². The minimum absolute atomic E-state index is 0.119. The molecule has 0 saturated heterocycles. The SMILES string of the molecule is CCOC(=O)C(CCSC)NC(C)CC. The fourth-order valence-corrected chi connectivity index (χ4v) is 1.68. The molecule has 0 radical (unpaired) electrons. The Morgan fingerprint density at radius 3 is 2.60 bits per heavy atom. The maximum Gasteiger partial charge on any atom is 0.323 e. The molecule has 4 heteroatoms. The molecule has 0 aromatic carbocycles. The molecule has 0 fully saturated rings. The van der Waals surface area contributed by atoms with Crippen molar-refractivity contribution in [3.63, 3.8) is 0 Å². The average molecular weight is 233 g/mol. The van der Waals surface area contributed by atoms with Crippen LogP contribution in [-0.4, -0.2) is 36.7 Å². The fraction of sp³-hybridized carbons (Fsp3) is 0.909. The highest BCUT2D eigenvalue weighted by atomic mass is 32.2. The zero-order chi connectivity index (χ0) is 11.7. The zero-order valence-electron chi connectivity index (χ0n) is 10.2. The molecule has 0 spiro atoms. The number of hydrogen-bond donors (Lipinski definition) is 1. The molecule has 0 rings (SSSR count). The summed E-state index contributed by atoms with van der Waals surface area (Å²) >= 11 is 1.75. The van der Waals surface area contributed by atoms with Crippen LogP contribution in [0.4, 0.5) is 0 Å². The number of hydrogen-bond acceptors (Lipinski definition) is 4. The molecule has 2 atom stereocenters. The Balaban J connectivity index is 4.10. The van der Waals surface area contributed by atoms with Gasteiger partial charge in [0.1, 0.15) is 6.04 Å². The van der Waals surface area contributed by atoms with Crippen LogP contribution in [0.15, 0.2) is 0 Å². The lowest BCUT2D eigenvalue weighted by Crippen LogP contribution is -2.43. The van der Waals surface area contributed by atoms with E-state index >= 15 is 0 Å². The number of thioether (sulfide) groups is 1. The number of esters is 1. The molecular weight excluding hydrogens is 210 g/mol. The van der Waals surface area contributed by atoms with Crippen LogP contribution in [0.5, 0.6) is 0 Å². The van der Waals surface area contributed by atoms with Gasteiger partial charge in [0.15, 0.2) is 0 Å². The second-order valence-corrected chi connectivity index (χ2v) is 4.55. The molecule has 0 amide bonds. The maximum absolute atomic E-state index is 11.6. The summed E-state index contributed by atoms with van der Waals surface area (Å²) in [6.45, 7) is 6.49. The van der Waals surface area contributed by atoms with E-state index in [0.717, 1.165) is 18.6 Å². The van der Waals surface area contributed by atoms with Crippen molar-refractivity contribution in [2.45, 2.75) is 45.7 Å². The molecule has 90 valence electrons. The smallest absolute Gasteiger partial charge is 0.323 e. The lowest BCUT2D eigenvalue weighted by atomic mass is 10.1. The summed E-state index contributed by atoms with van der Waals surface area (Å²) < 4.78 is 5.04. The molecule has 0 aliphatic heterocycles. The van der Waals surface area contributed by atoms with Crippen molar-refractivity contribution in [1.82, 2.24) is 5.32 Å². The van der Waals surface area contributed by atoms with Gasteiger partial charge >= 0.3 is 5.97 Å². The Labute approximate surface area is 97.3 Å². The van der Waals surface area contributed by atoms with Crippen LogP contribution >= 0.6 is 11.8 Å². The van der Waals surface area contributed by atoms with Crippen LogP contribution in [0.2, 0.25) is 0 Å². The van der Waals surface area contributed by atoms with Gasteiger partial charge in [-0.25, -0.2) is 0 Å². The van der Waals surface area contributed by atoms with E-state index in [1.807, 2.05) is 13.2 Å². The van der Waals surface area contributed by atoms with Crippen molar-refractivity contribution in [2.75, 3.05) is 18.6 Å². The summed E-state index contributed by atoms with van der Waals surface area (Å²) in [6.07, 6.45) is 3.91. The number of nitrogens with one attached hydrogen (secondary N) is 1. The van der Waals surface area contributed by atoms with Crippen LogP contribution in [0, 0.1) is 0 Å². The van der Waals surface area contributed by atoms with Crippen LogP contribution in [0.1, 0.15) is 33.6 Å². The van der Waals surface area contributed by atoms with Crippen molar-refractivity contribution >= 4 is 17.7 Å². The third-order valence-corrected chi connectivity index (χ3v) is 2.92. The van der Waals surface area contributed by atoms with E-state index in [1.54, 1.807) is 11.8 Å². The molecule has 0 heterocycles. The van der Waals surface area contributed by atoms with Gasteiger partial charge in [-0.3, -0.25) is 4.79 Å². The monoisotopic (exact) mass is 233 g/mol. The van der Waals surface area contributed by atoms with Crippen molar-refractivity contribution in [3.8, 4) is 0 Å². The highest BCUT2D eigenvalue weighted by molar-refractivity contribution is 7.98. The lowest BCUT2D eigenvalue weighted by Gasteiger charge is -2.20. The minimum Gasteiger partial charge on any atom is -0.465 e. The summed E-state index contributed by atoms with van der Waals surface area (Å²) in [4.78, 5) is 11.6. The first-order chi connectivity index (χ1) is 7.15. The molecular formula is C11H23NO2S. The predicted octanol–water partition coefficient (Wildman–Crippen LogP) is 2.06. The highest BCUT2D eigenvalue weighted by Gasteiger charge is 2.20. The number of carbonyl (C=O) groups is 1. The summed E-state index contributed by atoms with van der Waals surface area (Å²) in [6, 6.07) is 0.216. The van der Waals surface area contributed by atoms with Crippen molar-refractivity contribution in [2.24, 2.45) is 0 Å². The third-order valence-electron chi connectivity index (χ3n) is 2.28. The van der Waals surface area contributed by atoms with Gasteiger partial charge in [0.25, 0.3) is 0 Å². The van der Waals surface area contributed by atoms with Gasteiger partial charge in [-0.05, 0) is 38.7 Å². The Bertz CT molecular complexity index is 176. The minimum atomic E-state index is -0.146. The quantitative estimate of drug-likeness (QED) is 0.651. The number of carbonyl (C=O) groups excluding carboxylic acids is 1. The lowest BCUT2D eigenvalue weighted by molar-refractivity contribution is -0.145. The average Bonchev–Trinajstić information content (AvgIpc) is 2.24. The molecule has 15 heavy (non-hydrogen) atoms. The van der Waals surface area contributed by atoms with E-state index in [2.05, 4.69) is 19.2 Å². The van der Waals surface area contributed by atoms with Gasteiger partial charge in [-0.1, -0.05) is 6.92 Å². The van der Waals surface area contributed by atoms with Crippen LogP contribution in [0.3, 0.4) is 0 Å². The first kappa shape index (κ1) is 14.8. The molecule has 3 nitrogen and oxygen atoms in total. The number of ether oxygens (including phenoxy) is 1.